The summed E-state index contributed by atoms with van der Waals surface area (Å²) in [5.41, 5.74) is 4.18. The quantitative estimate of drug-likeness (QED) is 0.859. The van der Waals surface area contributed by atoms with Crippen molar-refractivity contribution in [2.75, 3.05) is 24.6 Å². The van der Waals surface area contributed by atoms with Gasteiger partial charge < -0.3 is 15.2 Å². The van der Waals surface area contributed by atoms with Crippen LogP contribution in [-0.2, 0) is 16.4 Å². The van der Waals surface area contributed by atoms with Gasteiger partial charge in [0.25, 0.3) is 0 Å². The minimum Gasteiger partial charge on any atom is -0.340 e. The Balaban J connectivity index is 1.63. The molecule has 0 atom stereocenters. The van der Waals surface area contributed by atoms with Gasteiger partial charge >= 0.3 is 6.03 Å². The molecule has 23 heavy (non-hydrogen) atoms. The number of aryl methyl sites for hydroxylation is 2. The smallest absolute Gasteiger partial charge is 0.317 e. The van der Waals surface area contributed by atoms with E-state index < -0.39 is 9.84 Å². The first-order valence-electron chi connectivity index (χ1n) is 7.53. The minimum atomic E-state index is -2.98. The molecule has 7 nitrogen and oxygen atoms in total. The summed E-state index contributed by atoms with van der Waals surface area (Å²) in [7, 11) is -2.98. The number of urea groups is 1. The summed E-state index contributed by atoms with van der Waals surface area (Å²) >= 11 is 0. The number of sulfone groups is 1. The lowest BCUT2D eigenvalue weighted by Gasteiger charge is -2.26. The zero-order chi connectivity index (χ0) is 16.6. The number of aromatic amines is 1. The molecule has 0 bridgehead atoms. The van der Waals surface area contributed by atoms with E-state index in [0.29, 0.717) is 5.82 Å². The molecule has 0 radical (unpaired) electrons. The Kier molecular flexibility index (Phi) is 4.01. The second kappa shape index (κ2) is 5.84. The third-order valence-electron chi connectivity index (χ3n) is 4.19. The van der Waals surface area contributed by atoms with Crippen molar-refractivity contribution in [1.29, 1.82) is 0 Å². The second-order valence-electron chi connectivity index (χ2n) is 5.93. The topological polar surface area (TPSA) is 95.2 Å². The zero-order valence-electron chi connectivity index (χ0n) is 13.2. The van der Waals surface area contributed by atoms with Crippen LogP contribution < -0.4 is 5.32 Å². The van der Waals surface area contributed by atoms with E-state index >= 15 is 0 Å². The van der Waals surface area contributed by atoms with Gasteiger partial charge in [-0.2, -0.15) is 0 Å². The lowest BCUT2D eigenvalue weighted by molar-refractivity contribution is 0.201. The van der Waals surface area contributed by atoms with E-state index in [0.717, 1.165) is 11.0 Å². The SMILES string of the molecule is Cc1cc2nc(CNC(=O)N3CCS(=O)(=O)CC3)[nH]c2cc1C. The Labute approximate surface area is 135 Å². The lowest BCUT2D eigenvalue weighted by atomic mass is 10.1. The van der Waals surface area contributed by atoms with Gasteiger partial charge in [0.1, 0.15) is 5.82 Å². The molecule has 124 valence electrons. The molecule has 2 heterocycles. The second-order valence-corrected chi connectivity index (χ2v) is 8.24. The van der Waals surface area contributed by atoms with Crippen LogP contribution in [0, 0.1) is 13.8 Å². The van der Waals surface area contributed by atoms with Gasteiger partial charge in [-0.1, -0.05) is 0 Å². The number of nitrogens with one attached hydrogen (secondary N) is 2. The number of H-pyrrole nitrogens is 1. The van der Waals surface area contributed by atoms with Gasteiger partial charge in [-0.25, -0.2) is 18.2 Å². The van der Waals surface area contributed by atoms with Gasteiger partial charge in [0.15, 0.2) is 9.84 Å². The van der Waals surface area contributed by atoms with Gasteiger partial charge in [-0.15, -0.1) is 0 Å². The highest BCUT2D eigenvalue weighted by Gasteiger charge is 2.24. The maximum absolute atomic E-state index is 12.1. The van der Waals surface area contributed by atoms with Crippen LogP contribution in [0.3, 0.4) is 0 Å². The lowest BCUT2D eigenvalue weighted by Crippen LogP contribution is -2.48. The molecule has 1 aliphatic rings. The standard InChI is InChI=1S/C15H20N4O3S/c1-10-7-12-13(8-11(10)2)18-14(17-12)9-16-15(20)19-3-5-23(21,22)6-4-19/h7-8H,3-6,9H2,1-2H3,(H,16,20)(H,17,18). The summed E-state index contributed by atoms with van der Waals surface area (Å²) in [4.78, 5) is 21.3. The first kappa shape index (κ1) is 15.8. The van der Waals surface area contributed by atoms with Gasteiger partial charge in [0, 0.05) is 13.1 Å². The van der Waals surface area contributed by atoms with Crippen molar-refractivity contribution in [3.63, 3.8) is 0 Å². The van der Waals surface area contributed by atoms with Gasteiger partial charge in [0.2, 0.25) is 0 Å². The third-order valence-corrected chi connectivity index (χ3v) is 5.79. The van der Waals surface area contributed by atoms with E-state index in [4.69, 9.17) is 0 Å². The van der Waals surface area contributed by atoms with Crippen molar-refractivity contribution in [1.82, 2.24) is 20.2 Å². The molecular weight excluding hydrogens is 316 g/mol. The van der Waals surface area contributed by atoms with Crippen molar-refractivity contribution in [3.8, 4) is 0 Å². The Morgan fingerprint density at radius 3 is 2.61 bits per heavy atom. The van der Waals surface area contributed by atoms with E-state index in [2.05, 4.69) is 15.3 Å². The normalized spacial score (nSPS) is 17.4. The summed E-state index contributed by atoms with van der Waals surface area (Å²) < 4.78 is 22.8. The number of rotatable bonds is 2. The van der Waals surface area contributed by atoms with Crippen LogP contribution in [0.5, 0.6) is 0 Å². The van der Waals surface area contributed by atoms with Crippen molar-refractivity contribution < 1.29 is 13.2 Å². The Bertz CT molecular complexity index is 804. The molecule has 2 amide bonds. The van der Waals surface area contributed by atoms with Crippen LogP contribution >= 0.6 is 0 Å². The number of carbonyl (C=O) groups is 1. The fraction of sp³-hybridized carbons (Fsp3) is 0.467. The Morgan fingerprint density at radius 2 is 1.91 bits per heavy atom. The molecule has 1 saturated heterocycles. The Hall–Kier alpha value is -2.09. The number of aromatic nitrogens is 2. The molecule has 8 heteroatoms. The number of imidazole rings is 1. The molecule has 1 aliphatic heterocycles. The van der Waals surface area contributed by atoms with E-state index in [-0.39, 0.29) is 37.2 Å². The number of fused-ring (bicyclic) bond motifs is 1. The average Bonchev–Trinajstić information content (AvgIpc) is 2.87. The molecule has 0 spiro atoms. The molecule has 1 aromatic carbocycles. The summed E-state index contributed by atoms with van der Waals surface area (Å²) in [5.74, 6) is 0.746. The number of hydrogen-bond acceptors (Lipinski definition) is 4. The molecule has 0 saturated carbocycles. The van der Waals surface area contributed by atoms with Crippen LogP contribution in [0.4, 0.5) is 4.79 Å². The van der Waals surface area contributed by atoms with Crippen LogP contribution in [0.15, 0.2) is 12.1 Å². The maximum atomic E-state index is 12.1. The molecule has 0 unspecified atom stereocenters. The first-order chi connectivity index (χ1) is 10.8. The first-order valence-corrected chi connectivity index (χ1v) is 9.35. The number of benzene rings is 1. The van der Waals surface area contributed by atoms with Crippen LogP contribution in [0.25, 0.3) is 11.0 Å². The summed E-state index contributed by atoms with van der Waals surface area (Å²) in [6, 6.07) is 3.80. The molecule has 2 aromatic rings. The van der Waals surface area contributed by atoms with Gasteiger partial charge in [0.05, 0.1) is 29.1 Å². The summed E-state index contributed by atoms with van der Waals surface area (Å²) in [6.07, 6.45) is 0. The fourth-order valence-electron chi connectivity index (χ4n) is 2.59. The minimum absolute atomic E-state index is 0.0314. The highest BCUT2D eigenvalue weighted by atomic mass is 32.2. The van der Waals surface area contributed by atoms with Gasteiger partial charge in [-0.3, -0.25) is 0 Å². The van der Waals surface area contributed by atoms with E-state index in [9.17, 15) is 13.2 Å². The summed E-state index contributed by atoms with van der Waals surface area (Å²) in [6.45, 7) is 4.85. The van der Waals surface area contributed by atoms with E-state index in [1.54, 1.807) is 0 Å². The summed E-state index contributed by atoms with van der Waals surface area (Å²) in [5, 5.41) is 2.78. The van der Waals surface area contributed by atoms with Crippen LogP contribution in [-0.4, -0.2) is 53.9 Å². The molecule has 1 fully saturated rings. The molecule has 0 aliphatic carbocycles. The van der Waals surface area contributed by atoms with E-state index in [1.165, 1.54) is 16.0 Å². The maximum Gasteiger partial charge on any atom is 0.317 e. The molecular formula is C15H20N4O3S. The van der Waals surface area contributed by atoms with E-state index in [1.807, 2.05) is 26.0 Å². The van der Waals surface area contributed by atoms with Crippen LogP contribution in [0.1, 0.15) is 17.0 Å². The largest absolute Gasteiger partial charge is 0.340 e. The van der Waals surface area contributed by atoms with Crippen molar-refractivity contribution in [3.05, 3.63) is 29.1 Å². The monoisotopic (exact) mass is 336 g/mol. The van der Waals surface area contributed by atoms with Gasteiger partial charge in [-0.05, 0) is 37.1 Å². The number of carbonyl (C=O) groups excluding carboxylic acids is 1. The predicted molar refractivity (Wildman–Crippen MR) is 88.0 cm³/mol. The highest BCUT2D eigenvalue weighted by molar-refractivity contribution is 7.91. The number of nitrogens with zero attached hydrogens (tertiary/aromatic N) is 2. The fourth-order valence-corrected chi connectivity index (χ4v) is 3.79. The molecule has 3 rings (SSSR count). The number of hydrogen-bond donors (Lipinski definition) is 2. The van der Waals surface area contributed by atoms with Crippen molar-refractivity contribution in [2.24, 2.45) is 0 Å². The van der Waals surface area contributed by atoms with Crippen LogP contribution in [0.2, 0.25) is 0 Å². The molecule has 1 aromatic heterocycles. The number of amides is 2. The Morgan fingerprint density at radius 1 is 1.26 bits per heavy atom. The predicted octanol–water partition coefficient (Wildman–Crippen LogP) is 1.12. The average molecular weight is 336 g/mol. The molecule has 2 N–H and O–H groups in total. The highest BCUT2D eigenvalue weighted by Crippen LogP contribution is 2.17. The third kappa shape index (κ3) is 3.47. The van der Waals surface area contributed by atoms with Crippen molar-refractivity contribution >= 4 is 26.9 Å². The zero-order valence-corrected chi connectivity index (χ0v) is 14.0. The van der Waals surface area contributed by atoms with Crippen molar-refractivity contribution in [2.45, 2.75) is 20.4 Å².